The molecule has 1 saturated carbocycles. The number of benzene rings is 1. The summed E-state index contributed by atoms with van der Waals surface area (Å²) in [6.07, 6.45) is 1.75. The van der Waals surface area contributed by atoms with Gasteiger partial charge in [-0.3, -0.25) is 0 Å². The molecule has 1 nitrogen and oxygen atoms in total. The van der Waals surface area contributed by atoms with Gasteiger partial charge < -0.3 is 4.79 Å². The van der Waals surface area contributed by atoms with Gasteiger partial charge in [-0.25, -0.2) is 8.78 Å². The standard InChI is InChI=1S/C10H8F2O/c11-7-2-1-3-8(12)9(7)10(6-13)4-5-10/h1-3,6H,4-5H2. The van der Waals surface area contributed by atoms with Gasteiger partial charge in [-0.15, -0.1) is 0 Å². The first-order chi connectivity index (χ1) is 6.19. The maximum Gasteiger partial charge on any atom is 0.130 e. The Morgan fingerprint density at radius 2 is 1.77 bits per heavy atom. The molecule has 1 aromatic rings. The highest BCUT2D eigenvalue weighted by molar-refractivity contribution is 5.73. The van der Waals surface area contributed by atoms with Gasteiger partial charge in [0, 0.05) is 5.56 Å². The van der Waals surface area contributed by atoms with Gasteiger partial charge in [-0.05, 0) is 25.0 Å². The van der Waals surface area contributed by atoms with Crippen molar-refractivity contribution in [3.05, 3.63) is 35.4 Å². The van der Waals surface area contributed by atoms with Crippen LogP contribution in [-0.4, -0.2) is 6.29 Å². The number of halogens is 2. The van der Waals surface area contributed by atoms with E-state index < -0.39 is 17.0 Å². The Labute approximate surface area is 74.4 Å². The van der Waals surface area contributed by atoms with E-state index in [0.29, 0.717) is 19.1 Å². The highest BCUT2D eigenvalue weighted by Crippen LogP contribution is 2.47. The molecule has 0 spiro atoms. The Morgan fingerprint density at radius 3 is 2.15 bits per heavy atom. The largest absolute Gasteiger partial charge is 0.302 e. The summed E-state index contributed by atoms with van der Waals surface area (Å²) in [5, 5.41) is 0. The van der Waals surface area contributed by atoms with E-state index in [1.165, 1.54) is 18.2 Å². The van der Waals surface area contributed by atoms with E-state index in [2.05, 4.69) is 0 Å². The average molecular weight is 182 g/mol. The Morgan fingerprint density at radius 1 is 1.23 bits per heavy atom. The molecule has 0 N–H and O–H groups in total. The van der Waals surface area contributed by atoms with Crippen molar-refractivity contribution in [3.8, 4) is 0 Å². The van der Waals surface area contributed by atoms with E-state index in [4.69, 9.17) is 0 Å². The molecule has 2 rings (SSSR count). The van der Waals surface area contributed by atoms with Crippen molar-refractivity contribution in [1.82, 2.24) is 0 Å². The molecule has 0 radical (unpaired) electrons. The summed E-state index contributed by atoms with van der Waals surface area (Å²) in [6, 6.07) is 3.67. The molecule has 0 aromatic heterocycles. The van der Waals surface area contributed by atoms with Crippen LogP contribution in [0.15, 0.2) is 18.2 Å². The summed E-state index contributed by atoms with van der Waals surface area (Å²) in [5.74, 6) is -1.24. The summed E-state index contributed by atoms with van der Waals surface area (Å²) in [4.78, 5) is 10.7. The Bertz CT molecular complexity index is 336. The van der Waals surface area contributed by atoms with Crippen molar-refractivity contribution in [3.63, 3.8) is 0 Å². The van der Waals surface area contributed by atoms with E-state index in [1.54, 1.807) is 0 Å². The number of hydrogen-bond donors (Lipinski definition) is 0. The molecule has 1 fully saturated rings. The molecule has 1 aliphatic carbocycles. The number of hydrogen-bond acceptors (Lipinski definition) is 1. The summed E-state index contributed by atoms with van der Waals surface area (Å²) >= 11 is 0. The zero-order valence-electron chi connectivity index (χ0n) is 6.89. The lowest BCUT2D eigenvalue weighted by molar-refractivity contribution is -0.110. The first-order valence-electron chi connectivity index (χ1n) is 4.10. The van der Waals surface area contributed by atoms with Gasteiger partial charge in [0.1, 0.15) is 17.9 Å². The quantitative estimate of drug-likeness (QED) is 0.641. The van der Waals surface area contributed by atoms with Gasteiger partial charge in [-0.1, -0.05) is 6.07 Å². The minimum atomic E-state index is -0.866. The van der Waals surface area contributed by atoms with Gasteiger partial charge >= 0.3 is 0 Å². The Hall–Kier alpha value is -1.25. The zero-order valence-corrected chi connectivity index (χ0v) is 6.89. The van der Waals surface area contributed by atoms with Crippen LogP contribution in [0.3, 0.4) is 0 Å². The van der Waals surface area contributed by atoms with Crippen LogP contribution in [-0.2, 0) is 10.2 Å². The molecule has 0 bridgehead atoms. The van der Waals surface area contributed by atoms with Gasteiger partial charge in [0.05, 0.1) is 5.41 Å². The van der Waals surface area contributed by atoms with Crippen LogP contribution in [0.5, 0.6) is 0 Å². The Kier molecular flexibility index (Phi) is 1.68. The van der Waals surface area contributed by atoms with Crippen molar-refractivity contribution in [2.45, 2.75) is 18.3 Å². The molecule has 13 heavy (non-hydrogen) atoms. The second kappa shape index (κ2) is 2.62. The fourth-order valence-electron chi connectivity index (χ4n) is 1.53. The molecule has 0 heterocycles. The number of carbonyl (C=O) groups is 1. The summed E-state index contributed by atoms with van der Waals surface area (Å²) < 4.78 is 26.3. The molecule has 1 aromatic carbocycles. The Balaban J connectivity index is 2.56. The first-order valence-corrected chi connectivity index (χ1v) is 4.10. The maximum atomic E-state index is 13.2. The van der Waals surface area contributed by atoms with E-state index in [9.17, 15) is 13.6 Å². The molecule has 0 unspecified atom stereocenters. The van der Waals surface area contributed by atoms with Crippen LogP contribution in [0.4, 0.5) is 8.78 Å². The van der Waals surface area contributed by atoms with E-state index in [-0.39, 0.29) is 5.56 Å². The van der Waals surface area contributed by atoms with Crippen LogP contribution in [0.25, 0.3) is 0 Å². The molecule has 0 atom stereocenters. The van der Waals surface area contributed by atoms with Crippen molar-refractivity contribution < 1.29 is 13.6 Å². The van der Waals surface area contributed by atoms with E-state index >= 15 is 0 Å². The summed E-state index contributed by atoms with van der Waals surface area (Å²) in [7, 11) is 0. The van der Waals surface area contributed by atoms with Crippen LogP contribution in [0, 0.1) is 11.6 Å². The molecule has 68 valence electrons. The third-order valence-electron chi connectivity index (χ3n) is 2.47. The molecule has 0 amide bonds. The minimum Gasteiger partial charge on any atom is -0.302 e. The maximum absolute atomic E-state index is 13.2. The lowest BCUT2D eigenvalue weighted by atomic mass is 9.96. The SMILES string of the molecule is O=CC1(c2c(F)cccc2F)CC1. The lowest BCUT2D eigenvalue weighted by Crippen LogP contribution is -2.12. The van der Waals surface area contributed by atoms with Crippen LogP contribution >= 0.6 is 0 Å². The average Bonchev–Trinajstić information content (AvgIpc) is 2.85. The third-order valence-corrected chi connectivity index (χ3v) is 2.47. The van der Waals surface area contributed by atoms with Crippen molar-refractivity contribution in [2.75, 3.05) is 0 Å². The van der Waals surface area contributed by atoms with Gasteiger partial charge in [0.25, 0.3) is 0 Å². The summed E-state index contributed by atoms with van der Waals surface area (Å²) in [5.41, 5.74) is -0.930. The fraction of sp³-hybridized carbons (Fsp3) is 0.300. The number of rotatable bonds is 2. The van der Waals surface area contributed by atoms with Gasteiger partial charge in [-0.2, -0.15) is 0 Å². The highest BCUT2D eigenvalue weighted by Gasteiger charge is 2.47. The normalized spacial score (nSPS) is 18.3. The molecule has 3 heteroatoms. The topological polar surface area (TPSA) is 17.1 Å². The molecular formula is C10H8F2O. The fourth-order valence-corrected chi connectivity index (χ4v) is 1.53. The van der Waals surface area contributed by atoms with Crippen molar-refractivity contribution in [2.24, 2.45) is 0 Å². The summed E-state index contributed by atoms with van der Waals surface area (Å²) in [6.45, 7) is 0. The zero-order chi connectivity index (χ0) is 9.47. The lowest BCUT2D eigenvalue weighted by Gasteiger charge is -2.09. The monoisotopic (exact) mass is 182 g/mol. The second-order valence-corrected chi connectivity index (χ2v) is 3.37. The van der Waals surface area contributed by atoms with Crippen LogP contribution in [0.2, 0.25) is 0 Å². The smallest absolute Gasteiger partial charge is 0.130 e. The third kappa shape index (κ3) is 1.15. The van der Waals surface area contributed by atoms with Crippen molar-refractivity contribution in [1.29, 1.82) is 0 Å². The minimum absolute atomic E-state index is 0.0648. The van der Waals surface area contributed by atoms with Crippen molar-refractivity contribution >= 4 is 6.29 Å². The predicted octanol–water partition coefficient (Wildman–Crippen LogP) is 2.20. The van der Waals surface area contributed by atoms with E-state index in [0.717, 1.165) is 0 Å². The van der Waals surface area contributed by atoms with Crippen LogP contribution < -0.4 is 0 Å². The number of aldehydes is 1. The molecule has 0 aliphatic heterocycles. The van der Waals surface area contributed by atoms with Gasteiger partial charge in [0.2, 0.25) is 0 Å². The predicted molar refractivity (Wildman–Crippen MR) is 43.3 cm³/mol. The molecular weight excluding hydrogens is 174 g/mol. The first kappa shape index (κ1) is 8.35. The molecule has 1 aliphatic rings. The van der Waals surface area contributed by atoms with Crippen LogP contribution in [0.1, 0.15) is 18.4 Å². The molecule has 0 saturated heterocycles. The highest BCUT2D eigenvalue weighted by atomic mass is 19.1. The van der Waals surface area contributed by atoms with E-state index in [1.807, 2.05) is 0 Å². The van der Waals surface area contributed by atoms with Gasteiger partial charge in [0.15, 0.2) is 0 Å². The number of carbonyl (C=O) groups excluding carboxylic acids is 1. The second-order valence-electron chi connectivity index (χ2n) is 3.37.